The van der Waals surface area contributed by atoms with Crippen LogP contribution in [-0.2, 0) is 22.4 Å². The third kappa shape index (κ3) is 3.69. The van der Waals surface area contributed by atoms with Crippen molar-refractivity contribution in [2.75, 3.05) is 7.11 Å². The van der Waals surface area contributed by atoms with E-state index in [9.17, 15) is 9.59 Å². The number of aryl methyl sites for hydroxylation is 1. The monoisotopic (exact) mass is 386 g/mol. The van der Waals surface area contributed by atoms with Crippen molar-refractivity contribution >= 4 is 34.5 Å². The van der Waals surface area contributed by atoms with Crippen molar-refractivity contribution in [2.45, 2.75) is 26.7 Å². The maximum Gasteiger partial charge on any atom is 0.513 e. The average Bonchev–Trinajstić information content (AvgIpc) is 2.63. The van der Waals surface area contributed by atoms with Crippen LogP contribution in [0.15, 0.2) is 41.5 Å². The van der Waals surface area contributed by atoms with Crippen LogP contribution in [-0.4, -0.2) is 19.2 Å². The van der Waals surface area contributed by atoms with E-state index in [1.54, 1.807) is 6.92 Å². The quantitative estimate of drug-likeness (QED) is 0.321. The van der Waals surface area contributed by atoms with Crippen molar-refractivity contribution in [1.29, 1.82) is 0 Å². The zero-order valence-electron chi connectivity index (χ0n) is 15.3. The number of carbonyl (C=O) groups excluding carboxylic acids is 2. The zero-order valence-corrected chi connectivity index (χ0v) is 16.1. The second-order valence-electron chi connectivity index (χ2n) is 6.42. The summed E-state index contributed by atoms with van der Waals surface area (Å²) in [5.41, 5.74) is 2.72. The van der Waals surface area contributed by atoms with E-state index in [4.69, 9.17) is 21.1 Å². The van der Waals surface area contributed by atoms with Crippen LogP contribution < -0.4 is 9.47 Å². The second-order valence-corrected chi connectivity index (χ2v) is 6.91. The minimum Gasteiger partial charge on any atom is -0.437 e. The largest absolute Gasteiger partial charge is 0.513 e. The Balaban J connectivity index is 2.33. The number of allylic oxidation sites excluding steroid dienone is 2. The van der Waals surface area contributed by atoms with E-state index >= 15 is 0 Å². The molecule has 5 nitrogen and oxygen atoms in total. The zero-order chi connectivity index (χ0) is 19.7. The van der Waals surface area contributed by atoms with Gasteiger partial charge in [-0.1, -0.05) is 42.0 Å². The molecule has 2 aromatic rings. The van der Waals surface area contributed by atoms with Gasteiger partial charge in [0.1, 0.15) is 11.5 Å². The highest BCUT2D eigenvalue weighted by atomic mass is 35.5. The topological polar surface area (TPSA) is 61.8 Å². The number of rotatable bonds is 3. The van der Waals surface area contributed by atoms with Gasteiger partial charge in [-0.25, -0.2) is 9.59 Å². The van der Waals surface area contributed by atoms with Crippen LogP contribution >= 0.6 is 11.6 Å². The van der Waals surface area contributed by atoms with Gasteiger partial charge in [-0.3, -0.25) is 0 Å². The van der Waals surface area contributed by atoms with Crippen LogP contribution in [0.1, 0.15) is 23.6 Å². The molecule has 0 saturated carbocycles. The first-order valence-electron chi connectivity index (χ1n) is 8.38. The number of fused-ring (bicyclic) bond motifs is 2. The summed E-state index contributed by atoms with van der Waals surface area (Å²) in [6.07, 6.45) is 1.85. The molecule has 1 aliphatic carbocycles. The number of hydrogen-bond acceptors (Lipinski definition) is 5. The fourth-order valence-corrected chi connectivity index (χ4v) is 3.25. The lowest BCUT2D eigenvalue weighted by atomic mass is 9.90. The Bertz CT molecular complexity index is 1000. The molecular weight excluding hydrogens is 368 g/mol. The Labute approximate surface area is 162 Å². The Hall–Kier alpha value is -2.79. The summed E-state index contributed by atoms with van der Waals surface area (Å²) in [6, 6.07) is 5.61. The summed E-state index contributed by atoms with van der Waals surface area (Å²) in [4.78, 5) is 24.1. The van der Waals surface area contributed by atoms with Gasteiger partial charge in [0.05, 0.1) is 7.11 Å². The molecular formula is C21H19ClO5. The number of esters is 1. The molecule has 27 heavy (non-hydrogen) atoms. The van der Waals surface area contributed by atoms with Gasteiger partial charge < -0.3 is 14.2 Å². The van der Waals surface area contributed by atoms with Crippen LogP contribution in [0.3, 0.4) is 0 Å². The number of carbonyl (C=O) groups is 2. The molecule has 0 unspecified atom stereocenters. The van der Waals surface area contributed by atoms with Crippen molar-refractivity contribution < 1.29 is 23.8 Å². The van der Waals surface area contributed by atoms with Gasteiger partial charge in [-0.2, -0.15) is 0 Å². The van der Waals surface area contributed by atoms with Gasteiger partial charge in [0, 0.05) is 38.9 Å². The third-order valence-corrected chi connectivity index (χ3v) is 4.63. The molecule has 3 rings (SSSR count). The van der Waals surface area contributed by atoms with Crippen molar-refractivity contribution in [3.63, 3.8) is 0 Å². The summed E-state index contributed by atoms with van der Waals surface area (Å²) in [5.74, 6) is 0.286. The van der Waals surface area contributed by atoms with Crippen LogP contribution in [0, 0.1) is 6.92 Å². The Kier molecular flexibility index (Phi) is 5.24. The van der Waals surface area contributed by atoms with Gasteiger partial charge in [-0.05, 0) is 26.3 Å². The standard InChI is InChI=1S/C21H19ClO5/c1-11(2)20(23)26-18-14-7-5-12(3)9-16(14)19(27-21(24)25-4)15-8-6-13(22)10-17(15)18/h5-7,9H,1,8,10H2,2-4H3. The van der Waals surface area contributed by atoms with E-state index in [0.29, 0.717) is 45.7 Å². The molecule has 2 aromatic carbocycles. The first-order chi connectivity index (χ1) is 12.8. The Morgan fingerprint density at radius 1 is 1.11 bits per heavy atom. The number of methoxy groups -OCH3 is 1. The molecule has 0 spiro atoms. The molecule has 1 aliphatic rings. The number of halogens is 1. The second kappa shape index (κ2) is 7.45. The summed E-state index contributed by atoms with van der Waals surface area (Å²) in [6.45, 7) is 7.16. The average molecular weight is 387 g/mol. The maximum atomic E-state index is 12.2. The van der Waals surface area contributed by atoms with Crippen LogP contribution in [0.2, 0.25) is 0 Å². The molecule has 0 heterocycles. The summed E-state index contributed by atoms with van der Waals surface area (Å²) >= 11 is 6.25. The normalized spacial score (nSPS) is 12.8. The fourth-order valence-electron chi connectivity index (χ4n) is 3.04. The van der Waals surface area contributed by atoms with Crippen molar-refractivity contribution in [3.05, 3.63) is 58.1 Å². The van der Waals surface area contributed by atoms with Crippen molar-refractivity contribution in [3.8, 4) is 11.5 Å². The molecule has 0 aromatic heterocycles. The van der Waals surface area contributed by atoms with Gasteiger partial charge in [0.2, 0.25) is 0 Å². The minimum atomic E-state index is -0.813. The minimum absolute atomic E-state index is 0.288. The van der Waals surface area contributed by atoms with Crippen molar-refractivity contribution in [1.82, 2.24) is 0 Å². The molecule has 0 atom stereocenters. The molecule has 0 aliphatic heterocycles. The van der Waals surface area contributed by atoms with Gasteiger partial charge in [0.25, 0.3) is 0 Å². The molecule has 0 fully saturated rings. The lowest BCUT2D eigenvalue weighted by Crippen LogP contribution is -2.15. The molecule has 0 radical (unpaired) electrons. The van der Waals surface area contributed by atoms with Gasteiger partial charge in [0.15, 0.2) is 0 Å². The third-order valence-electron chi connectivity index (χ3n) is 4.35. The summed E-state index contributed by atoms with van der Waals surface area (Å²) in [5, 5.41) is 1.94. The molecule has 6 heteroatoms. The molecule has 0 amide bonds. The van der Waals surface area contributed by atoms with Crippen LogP contribution in [0.5, 0.6) is 11.5 Å². The maximum absolute atomic E-state index is 12.2. The number of benzene rings is 2. The highest BCUT2D eigenvalue weighted by Crippen LogP contribution is 2.45. The highest BCUT2D eigenvalue weighted by molar-refractivity contribution is 6.30. The van der Waals surface area contributed by atoms with Gasteiger partial charge in [-0.15, -0.1) is 0 Å². The SMILES string of the molecule is C=C(C)C(=O)Oc1c2c(c(OC(=O)OC)c3cc(C)ccc13)CC=C(Cl)C2. The smallest absolute Gasteiger partial charge is 0.437 e. The molecule has 0 N–H and O–H groups in total. The van der Waals surface area contributed by atoms with Crippen molar-refractivity contribution in [2.24, 2.45) is 0 Å². The van der Waals surface area contributed by atoms with Crippen LogP contribution in [0.4, 0.5) is 4.79 Å². The molecule has 0 saturated heterocycles. The lowest BCUT2D eigenvalue weighted by molar-refractivity contribution is -0.130. The van der Waals surface area contributed by atoms with Gasteiger partial charge >= 0.3 is 12.1 Å². The highest BCUT2D eigenvalue weighted by Gasteiger charge is 2.27. The number of hydrogen-bond donors (Lipinski definition) is 0. The fraction of sp³-hybridized carbons (Fsp3) is 0.238. The Morgan fingerprint density at radius 3 is 2.48 bits per heavy atom. The van der Waals surface area contributed by atoms with E-state index in [-0.39, 0.29) is 5.57 Å². The first kappa shape index (κ1) is 19.0. The van der Waals surface area contributed by atoms with E-state index in [0.717, 1.165) is 11.1 Å². The summed E-state index contributed by atoms with van der Waals surface area (Å²) < 4.78 is 15.8. The Morgan fingerprint density at radius 2 is 1.81 bits per heavy atom. The molecule has 0 bridgehead atoms. The summed E-state index contributed by atoms with van der Waals surface area (Å²) in [7, 11) is 1.25. The number of ether oxygens (including phenoxy) is 3. The first-order valence-corrected chi connectivity index (χ1v) is 8.75. The predicted molar refractivity (Wildman–Crippen MR) is 104 cm³/mol. The van der Waals surface area contributed by atoms with E-state index < -0.39 is 12.1 Å². The predicted octanol–water partition coefficient (Wildman–Crippen LogP) is 5.00. The lowest BCUT2D eigenvalue weighted by Gasteiger charge is -2.23. The van der Waals surface area contributed by atoms with Crippen LogP contribution in [0.25, 0.3) is 10.8 Å². The molecule has 140 valence electrons. The van der Waals surface area contributed by atoms with E-state index in [1.165, 1.54) is 7.11 Å². The van der Waals surface area contributed by atoms with E-state index in [2.05, 4.69) is 11.3 Å². The van der Waals surface area contributed by atoms with E-state index in [1.807, 2.05) is 31.2 Å².